The number of hydrogen-bond donors (Lipinski definition) is 1. The molecule has 0 rings (SSSR count). The van der Waals surface area contributed by atoms with Crippen LogP contribution in [0, 0.1) is 0 Å². The van der Waals surface area contributed by atoms with E-state index in [1.807, 2.05) is 12.3 Å². The zero-order valence-corrected chi connectivity index (χ0v) is 7.96. The quantitative estimate of drug-likeness (QED) is 0.669. The van der Waals surface area contributed by atoms with Crippen LogP contribution in [0.5, 0.6) is 0 Å². The lowest BCUT2D eigenvalue weighted by molar-refractivity contribution is 0.332. The largest absolute Gasteiger partial charge is 0.392 e. The summed E-state index contributed by atoms with van der Waals surface area (Å²) in [6.07, 6.45) is 0. The van der Waals surface area contributed by atoms with Gasteiger partial charge in [0, 0.05) is 4.75 Å². The highest BCUT2D eigenvalue weighted by atomic mass is 32.2. The van der Waals surface area contributed by atoms with Crippen LogP contribution in [0.25, 0.3) is 0 Å². The monoisotopic (exact) mass is 160 g/mol. The van der Waals surface area contributed by atoms with Crippen LogP contribution in [0.3, 0.4) is 0 Å². The minimum Gasteiger partial charge on any atom is -0.392 e. The molecular weight excluding hydrogens is 144 g/mol. The standard InChI is InChI=1S/C8H16OS/c1-7(5-9)6-10-8(2,3)4/h6,9H,5H2,1-4H3/b7-6+. The van der Waals surface area contributed by atoms with Crippen LogP contribution in [0.1, 0.15) is 27.7 Å². The molecule has 0 unspecified atom stereocenters. The molecule has 0 radical (unpaired) electrons. The first-order valence-corrected chi connectivity index (χ1v) is 4.28. The number of thioether (sulfide) groups is 1. The molecule has 60 valence electrons. The van der Waals surface area contributed by atoms with Crippen molar-refractivity contribution in [3.63, 3.8) is 0 Å². The molecule has 0 saturated carbocycles. The second kappa shape index (κ2) is 4.04. The highest BCUT2D eigenvalue weighted by Gasteiger charge is 2.07. The van der Waals surface area contributed by atoms with E-state index in [9.17, 15) is 0 Å². The third kappa shape index (κ3) is 6.17. The van der Waals surface area contributed by atoms with Gasteiger partial charge in [0.05, 0.1) is 6.61 Å². The van der Waals surface area contributed by atoms with Gasteiger partial charge < -0.3 is 5.11 Å². The average molecular weight is 160 g/mol. The molecule has 1 nitrogen and oxygen atoms in total. The fourth-order valence-corrected chi connectivity index (χ4v) is 0.944. The van der Waals surface area contributed by atoms with Crippen molar-refractivity contribution in [1.82, 2.24) is 0 Å². The number of aliphatic hydroxyl groups is 1. The minimum atomic E-state index is 0.170. The summed E-state index contributed by atoms with van der Waals surface area (Å²) >= 11 is 1.74. The second-order valence-corrected chi connectivity index (χ2v) is 5.05. The van der Waals surface area contributed by atoms with Crippen LogP contribution in [-0.4, -0.2) is 16.5 Å². The van der Waals surface area contributed by atoms with Gasteiger partial charge in [-0.15, -0.1) is 11.8 Å². The Morgan fingerprint density at radius 1 is 1.50 bits per heavy atom. The van der Waals surface area contributed by atoms with Gasteiger partial charge in [-0.2, -0.15) is 0 Å². The van der Waals surface area contributed by atoms with E-state index in [-0.39, 0.29) is 11.4 Å². The number of rotatable bonds is 2. The summed E-state index contributed by atoms with van der Waals surface area (Å²) in [6, 6.07) is 0. The predicted molar refractivity (Wildman–Crippen MR) is 48.2 cm³/mol. The van der Waals surface area contributed by atoms with E-state index in [0.717, 1.165) is 5.57 Å². The molecule has 0 aromatic heterocycles. The molecule has 0 amide bonds. The summed E-state index contributed by atoms with van der Waals surface area (Å²) in [7, 11) is 0. The molecule has 10 heavy (non-hydrogen) atoms. The third-order valence-corrected chi connectivity index (χ3v) is 2.09. The van der Waals surface area contributed by atoms with Gasteiger partial charge in [0.1, 0.15) is 0 Å². The predicted octanol–water partition coefficient (Wildman–Crippen LogP) is 2.41. The van der Waals surface area contributed by atoms with Gasteiger partial charge >= 0.3 is 0 Å². The van der Waals surface area contributed by atoms with E-state index >= 15 is 0 Å². The molecule has 0 heterocycles. The molecule has 0 atom stereocenters. The van der Waals surface area contributed by atoms with Crippen molar-refractivity contribution in [2.24, 2.45) is 0 Å². The summed E-state index contributed by atoms with van der Waals surface area (Å²) in [5.41, 5.74) is 1.03. The number of hydrogen-bond acceptors (Lipinski definition) is 2. The van der Waals surface area contributed by atoms with Crippen LogP contribution in [0.4, 0.5) is 0 Å². The van der Waals surface area contributed by atoms with E-state index in [2.05, 4.69) is 20.8 Å². The second-order valence-electron chi connectivity index (χ2n) is 3.35. The maximum Gasteiger partial charge on any atom is 0.0647 e. The Morgan fingerprint density at radius 2 is 2.00 bits per heavy atom. The Balaban J connectivity index is 3.73. The summed E-state index contributed by atoms with van der Waals surface area (Å²) in [4.78, 5) is 0. The average Bonchev–Trinajstić information content (AvgIpc) is 1.81. The SMILES string of the molecule is C/C(=C\SC(C)(C)C)CO. The zero-order chi connectivity index (χ0) is 8.20. The van der Waals surface area contributed by atoms with Crippen molar-refractivity contribution < 1.29 is 5.11 Å². The van der Waals surface area contributed by atoms with Crippen molar-refractivity contribution in [3.8, 4) is 0 Å². The molecule has 0 aliphatic carbocycles. The van der Waals surface area contributed by atoms with Crippen molar-refractivity contribution in [2.75, 3.05) is 6.61 Å². The summed E-state index contributed by atoms with van der Waals surface area (Å²) in [5.74, 6) is 0. The van der Waals surface area contributed by atoms with Crippen LogP contribution >= 0.6 is 11.8 Å². The molecule has 0 bridgehead atoms. The molecule has 0 aromatic carbocycles. The van der Waals surface area contributed by atoms with Crippen LogP contribution in [-0.2, 0) is 0 Å². The fraction of sp³-hybridized carbons (Fsp3) is 0.750. The summed E-state index contributed by atoms with van der Waals surface area (Å²) < 4.78 is 0.260. The lowest BCUT2D eigenvalue weighted by atomic mass is 10.3. The molecule has 0 saturated heterocycles. The molecular formula is C8H16OS. The van der Waals surface area contributed by atoms with Crippen LogP contribution < -0.4 is 0 Å². The van der Waals surface area contributed by atoms with Gasteiger partial charge in [-0.05, 0) is 17.9 Å². The van der Waals surface area contributed by atoms with Crippen molar-refractivity contribution >= 4 is 11.8 Å². The van der Waals surface area contributed by atoms with Crippen molar-refractivity contribution in [3.05, 3.63) is 11.0 Å². The first kappa shape index (κ1) is 10.0. The highest BCUT2D eigenvalue weighted by Crippen LogP contribution is 2.25. The van der Waals surface area contributed by atoms with E-state index < -0.39 is 0 Å². The molecule has 0 spiro atoms. The van der Waals surface area contributed by atoms with Gasteiger partial charge in [0.15, 0.2) is 0 Å². The fourth-order valence-electron chi connectivity index (χ4n) is 0.315. The Bertz CT molecular complexity index is 122. The van der Waals surface area contributed by atoms with E-state index in [4.69, 9.17) is 5.11 Å². The van der Waals surface area contributed by atoms with Gasteiger partial charge in [-0.25, -0.2) is 0 Å². The van der Waals surface area contributed by atoms with Crippen molar-refractivity contribution in [2.45, 2.75) is 32.4 Å². The molecule has 0 fully saturated rings. The third-order valence-electron chi connectivity index (χ3n) is 0.863. The van der Waals surface area contributed by atoms with E-state index in [1.54, 1.807) is 11.8 Å². The van der Waals surface area contributed by atoms with E-state index in [1.165, 1.54) is 0 Å². The lowest BCUT2D eigenvalue weighted by Crippen LogP contribution is -2.05. The summed E-state index contributed by atoms with van der Waals surface area (Å²) in [5, 5.41) is 10.7. The molecule has 0 aromatic rings. The molecule has 2 heteroatoms. The first-order chi connectivity index (χ1) is 4.45. The van der Waals surface area contributed by atoms with Gasteiger partial charge in [-0.1, -0.05) is 20.8 Å². The lowest BCUT2D eigenvalue weighted by Gasteiger charge is -2.14. The maximum absolute atomic E-state index is 8.65. The minimum absolute atomic E-state index is 0.170. The normalized spacial score (nSPS) is 13.9. The Hall–Kier alpha value is 0.0500. The Kier molecular flexibility index (Phi) is 4.06. The van der Waals surface area contributed by atoms with Crippen molar-refractivity contribution in [1.29, 1.82) is 0 Å². The smallest absolute Gasteiger partial charge is 0.0647 e. The first-order valence-electron chi connectivity index (χ1n) is 3.40. The van der Waals surface area contributed by atoms with Gasteiger partial charge in [0.25, 0.3) is 0 Å². The maximum atomic E-state index is 8.65. The molecule has 0 aliphatic rings. The Morgan fingerprint density at radius 3 is 2.30 bits per heavy atom. The van der Waals surface area contributed by atoms with E-state index in [0.29, 0.717) is 0 Å². The van der Waals surface area contributed by atoms with Crippen LogP contribution in [0.15, 0.2) is 11.0 Å². The highest BCUT2D eigenvalue weighted by molar-refractivity contribution is 8.03. The Labute approximate surface area is 67.5 Å². The van der Waals surface area contributed by atoms with Gasteiger partial charge in [-0.3, -0.25) is 0 Å². The molecule has 0 aliphatic heterocycles. The van der Waals surface area contributed by atoms with Gasteiger partial charge in [0.2, 0.25) is 0 Å². The molecule has 1 N–H and O–H groups in total. The number of aliphatic hydroxyl groups excluding tert-OH is 1. The zero-order valence-electron chi connectivity index (χ0n) is 7.14. The van der Waals surface area contributed by atoms with Crippen LogP contribution in [0.2, 0.25) is 0 Å². The topological polar surface area (TPSA) is 20.2 Å². The summed E-state index contributed by atoms with van der Waals surface area (Å²) in [6.45, 7) is 8.55.